The summed E-state index contributed by atoms with van der Waals surface area (Å²) in [5.41, 5.74) is -0.407. The number of rotatable bonds is 3. The van der Waals surface area contributed by atoms with Gasteiger partial charge in [0.15, 0.2) is 11.6 Å². The van der Waals surface area contributed by atoms with E-state index in [1.54, 1.807) is 43.3 Å². The average molecular weight is 461 g/mol. The summed E-state index contributed by atoms with van der Waals surface area (Å²) in [6.45, 7) is 1.70. The molecular formula is C26H21F2N3O3. The molecule has 1 aliphatic rings. The number of nitrogens with zero attached hydrogens (tertiary/aromatic N) is 3. The second kappa shape index (κ2) is 8.94. The van der Waals surface area contributed by atoms with Crippen LogP contribution in [0.4, 0.5) is 19.3 Å². The van der Waals surface area contributed by atoms with Crippen LogP contribution in [0.2, 0.25) is 0 Å². The van der Waals surface area contributed by atoms with Gasteiger partial charge in [0.05, 0.1) is 19.1 Å². The smallest absolute Gasteiger partial charge is 0.332 e. The van der Waals surface area contributed by atoms with Crippen molar-refractivity contribution in [1.82, 2.24) is 9.88 Å². The number of aromatic nitrogens is 1. The standard InChI is InChI=1S/C26H21F2N3O3/c1-26(19-11-12-29-22(15-19)34-3)16-23(32)31(25(33)30(26)2)24-20(27)13-18(14-21(24)28)10-9-17-7-5-4-6-8-17/h4-8,11-15H,16H2,1-3H3/t26-/m0/s1. The van der Waals surface area contributed by atoms with Gasteiger partial charge >= 0.3 is 6.03 Å². The fourth-order valence-electron chi connectivity index (χ4n) is 3.85. The van der Waals surface area contributed by atoms with E-state index >= 15 is 8.78 Å². The molecule has 8 heteroatoms. The SMILES string of the molecule is COc1cc([C@]2(C)CC(=O)N(c3c(F)cc(C#Cc4ccccc4)cc3F)C(=O)N2C)ccn1. The lowest BCUT2D eigenvalue weighted by atomic mass is 9.85. The molecule has 0 unspecified atom stereocenters. The molecule has 1 aliphatic heterocycles. The fourth-order valence-corrected chi connectivity index (χ4v) is 3.85. The van der Waals surface area contributed by atoms with Crippen LogP contribution in [0.15, 0.2) is 60.8 Å². The predicted molar refractivity (Wildman–Crippen MR) is 122 cm³/mol. The van der Waals surface area contributed by atoms with Gasteiger partial charge in [-0.3, -0.25) is 4.79 Å². The van der Waals surface area contributed by atoms with Crippen molar-refractivity contribution in [3.63, 3.8) is 0 Å². The average Bonchev–Trinajstić information content (AvgIpc) is 2.83. The Morgan fingerprint density at radius 3 is 2.29 bits per heavy atom. The van der Waals surface area contributed by atoms with E-state index in [2.05, 4.69) is 16.8 Å². The van der Waals surface area contributed by atoms with Gasteiger partial charge in [-0.15, -0.1) is 0 Å². The molecule has 1 saturated heterocycles. The molecule has 1 atom stereocenters. The second-order valence-electron chi connectivity index (χ2n) is 8.01. The van der Waals surface area contributed by atoms with Crippen molar-refractivity contribution < 1.29 is 23.1 Å². The van der Waals surface area contributed by atoms with Gasteiger partial charge in [-0.25, -0.2) is 23.5 Å². The van der Waals surface area contributed by atoms with Crippen molar-refractivity contribution in [3.05, 3.63) is 89.1 Å². The first-order valence-electron chi connectivity index (χ1n) is 10.4. The third-order valence-electron chi connectivity index (χ3n) is 5.89. The highest BCUT2D eigenvalue weighted by molar-refractivity contribution is 6.16. The van der Waals surface area contributed by atoms with Gasteiger partial charge < -0.3 is 9.64 Å². The summed E-state index contributed by atoms with van der Waals surface area (Å²) in [5.74, 6) is 3.00. The van der Waals surface area contributed by atoms with Crippen molar-refractivity contribution in [2.45, 2.75) is 18.9 Å². The van der Waals surface area contributed by atoms with Gasteiger partial charge in [0.2, 0.25) is 11.8 Å². The lowest BCUT2D eigenvalue weighted by Crippen LogP contribution is -2.60. The Labute approximate surface area is 195 Å². The molecule has 0 saturated carbocycles. The number of carbonyl (C=O) groups is 2. The summed E-state index contributed by atoms with van der Waals surface area (Å²) in [6, 6.07) is 13.4. The van der Waals surface area contributed by atoms with E-state index in [9.17, 15) is 9.59 Å². The summed E-state index contributed by atoms with van der Waals surface area (Å²) in [7, 11) is 2.93. The lowest BCUT2D eigenvalue weighted by molar-refractivity contribution is -0.122. The maximum atomic E-state index is 15.0. The first kappa shape index (κ1) is 22.9. The monoisotopic (exact) mass is 461 g/mol. The van der Waals surface area contributed by atoms with Crippen LogP contribution in [0.5, 0.6) is 5.88 Å². The van der Waals surface area contributed by atoms with Crippen molar-refractivity contribution >= 4 is 17.6 Å². The third kappa shape index (κ3) is 4.08. The van der Waals surface area contributed by atoms with E-state index in [1.807, 2.05) is 6.07 Å². The Hall–Kier alpha value is -4.25. The number of urea groups is 1. The normalized spacial score (nSPS) is 17.9. The number of ether oxygens (including phenoxy) is 1. The number of pyridine rings is 1. The molecule has 172 valence electrons. The minimum Gasteiger partial charge on any atom is -0.481 e. The number of anilines is 1. The number of imide groups is 1. The zero-order valence-electron chi connectivity index (χ0n) is 18.8. The summed E-state index contributed by atoms with van der Waals surface area (Å²) in [6.07, 6.45) is 1.31. The van der Waals surface area contributed by atoms with Gasteiger partial charge in [0.1, 0.15) is 5.69 Å². The van der Waals surface area contributed by atoms with Crippen LogP contribution in [0.25, 0.3) is 0 Å². The van der Waals surface area contributed by atoms with Crippen LogP contribution in [-0.2, 0) is 10.3 Å². The van der Waals surface area contributed by atoms with Crippen LogP contribution in [0.3, 0.4) is 0 Å². The van der Waals surface area contributed by atoms with Crippen LogP contribution >= 0.6 is 0 Å². The molecule has 1 aromatic heterocycles. The van der Waals surface area contributed by atoms with Crippen LogP contribution in [0.1, 0.15) is 30.0 Å². The maximum absolute atomic E-state index is 15.0. The van der Waals surface area contributed by atoms with E-state index < -0.39 is 34.8 Å². The Morgan fingerprint density at radius 1 is 1.00 bits per heavy atom. The van der Waals surface area contributed by atoms with Gasteiger partial charge in [0.25, 0.3) is 0 Å². The maximum Gasteiger partial charge on any atom is 0.332 e. The Bertz CT molecular complexity index is 1310. The number of methoxy groups -OCH3 is 1. The predicted octanol–water partition coefficient (Wildman–Crippen LogP) is 4.47. The molecule has 1 fully saturated rings. The van der Waals surface area contributed by atoms with Crippen molar-refractivity contribution in [1.29, 1.82) is 0 Å². The van der Waals surface area contributed by atoms with Crippen LogP contribution in [0, 0.1) is 23.5 Å². The zero-order chi connectivity index (χ0) is 24.5. The number of amides is 3. The number of halogens is 2. The molecule has 3 amide bonds. The molecule has 4 rings (SSSR count). The van der Waals surface area contributed by atoms with Crippen molar-refractivity contribution in [3.8, 4) is 17.7 Å². The highest BCUT2D eigenvalue weighted by Crippen LogP contribution is 2.39. The lowest BCUT2D eigenvalue weighted by Gasteiger charge is -2.45. The van der Waals surface area contributed by atoms with E-state index in [0.29, 0.717) is 21.9 Å². The number of benzene rings is 2. The number of carbonyl (C=O) groups excluding carboxylic acids is 2. The Kier molecular flexibility index (Phi) is 6.03. The fraction of sp³-hybridized carbons (Fsp3) is 0.192. The van der Waals surface area contributed by atoms with E-state index in [1.165, 1.54) is 25.3 Å². The summed E-state index contributed by atoms with van der Waals surface area (Å²) in [5, 5.41) is 0. The van der Waals surface area contributed by atoms with Crippen molar-refractivity contribution in [2.24, 2.45) is 0 Å². The first-order valence-corrected chi connectivity index (χ1v) is 10.4. The van der Waals surface area contributed by atoms with Crippen molar-refractivity contribution in [2.75, 3.05) is 19.1 Å². The molecular weight excluding hydrogens is 440 g/mol. The summed E-state index contributed by atoms with van der Waals surface area (Å²) >= 11 is 0. The highest BCUT2D eigenvalue weighted by atomic mass is 19.1. The van der Waals surface area contributed by atoms with Crippen LogP contribution < -0.4 is 9.64 Å². The molecule has 34 heavy (non-hydrogen) atoms. The topological polar surface area (TPSA) is 62.7 Å². The van der Waals surface area contributed by atoms with Gasteiger partial charge in [-0.2, -0.15) is 0 Å². The molecule has 0 radical (unpaired) electrons. The zero-order valence-corrected chi connectivity index (χ0v) is 18.8. The van der Waals surface area contributed by atoms with E-state index in [0.717, 1.165) is 12.1 Å². The molecule has 0 aliphatic carbocycles. The van der Waals surface area contributed by atoms with E-state index in [-0.39, 0.29) is 12.0 Å². The highest BCUT2D eigenvalue weighted by Gasteiger charge is 2.47. The van der Waals surface area contributed by atoms with Gasteiger partial charge in [0, 0.05) is 30.4 Å². The minimum absolute atomic E-state index is 0.0848. The summed E-state index contributed by atoms with van der Waals surface area (Å²) < 4.78 is 35.2. The van der Waals surface area contributed by atoms with Crippen LogP contribution in [-0.4, -0.2) is 36.0 Å². The molecule has 3 aromatic rings. The largest absolute Gasteiger partial charge is 0.481 e. The Morgan fingerprint density at radius 2 is 1.65 bits per heavy atom. The molecule has 2 aromatic carbocycles. The van der Waals surface area contributed by atoms with Gasteiger partial charge in [-0.1, -0.05) is 30.0 Å². The third-order valence-corrected chi connectivity index (χ3v) is 5.89. The second-order valence-corrected chi connectivity index (χ2v) is 8.01. The Balaban J connectivity index is 1.67. The molecule has 0 N–H and O–H groups in total. The number of hydrogen-bond donors (Lipinski definition) is 0. The summed E-state index contributed by atoms with van der Waals surface area (Å²) in [4.78, 5) is 32.1. The van der Waals surface area contributed by atoms with Gasteiger partial charge in [-0.05, 0) is 42.8 Å². The molecule has 6 nitrogen and oxygen atoms in total. The number of hydrogen-bond acceptors (Lipinski definition) is 4. The quantitative estimate of drug-likeness (QED) is 0.540. The molecule has 2 heterocycles. The van der Waals surface area contributed by atoms with E-state index in [4.69, 9.17) is 4.74 Å². The first-order chi connectivity index (χ1) is 16.2. The molecule has 0 bridgehead atoms. The molecule has 0 spiro atoms. The minimum atomic E-state index is -1.06.